The second-order valence-corrected chi connectivity index (χ2v) is 8.07. The van der Waals surface area contributed by atoms with Crippen LogP contribution in [0.25, 0.3) is 0 Å². The molecule has 12 heteroatoms. The van der Waals surface area contributed by atoms with E-state index >= 15 is 0 Å². The molecule has 7 nitrogen and oxygen atoms in total. The summed E-state index contributed by atoms with van der Waals surface area (Å²) in [6.45, 7) is 3.62. The molecule has 0 bridgehead atoms. The van der Waals surface area contributed by atoms with Gasteiger partial charge < -0.3 is 14.9 Å². The SMILES string of the molecule is Cc1nc(Cc2noc(CC3(c4ccc(F)cc4)CNC3)n2)cs1.O=C(O)C(F)(F)F. The number of halogens is 4. The molecule has 1 fully saturated rings. The highest BCUT2D eigenvalue weighted by Crippen LogP contribution is 2.32. The number of aryl methyl sites for hydroxylation is 1. The smallest absolute Gasteiger partial charge is 0.475 e. The van der Waals surface area contributed by atoms with Crippen LogP contribution in [0.5, 0.6) is 0 Å². The molecule has 31 heavy (non-hydrogen) atoms. The normalized spacial score (nSPS) is 15.0. The Morgan fingerprint density at radius 2 is 1.90 bits per heavy atom. The molecule has 0 aliphatic carbocycles. The number of aliphatic carboxylic acids is 1. The van der Waals surface area contributed by atoms with E-state index in [1.807, 2.05) is 24.4 Å². The van der Waals surface area contributed by atoms with E-state index < -0.39 is 12.1 Å². The third-order valence-electron chi connectivity index (χ3n) is 4.63. The van der Waals surface area contributed by atoms with Gasteiger partial charge in [0.25, 0.3) is 0 Å². The van der Waals surface area contributed by atoms with Gasteiger partial charge >= 0.3 is 12.1 Å². The highest BCUT2D eigenvalue weighted by atomic mass is 32.1. The average Bonchev–Trinajstić information content (AvgIpc) is 3.28. The van der Waals surface area contributed by atoms with Gasteiger partial charge in [-0.1, -0.05) is 17.3 Å². The minimum Gasteiger partial charge on any atom is -0.475 e. The Morgan fingerprint density at radius 3 is 2.39 bits per heavy atom. The van der Waals surface area contributed by atoms with Crippen LogP contribution in [0.15, 0.2) is 34.2 Å². The lowest BCUT2D eigenvalue weighted by Gasteiger charge is -2.42. The number of thiazole rings is 1. The average molecular weight is 458 g/mol. The van der Waals surface area contributed by atoms with Crippen LogP contribution in [-0.4, -0.2) is 45.5 Å². The van der Waals surface area contributed by atoms with Crippen molar-refractivity contribution < 1.29 is 32.0 Å². The molecule has 3 aromatic rings. The van der Waals surface area contributed by atoms with Gasteiger partial charge in [0.2, 0.25) is 5.89 Å². The minimum atomic E-state index is -5.08. The van der Waals surface area contributed by atoms with E-state index in [1.165, 1.54) is 12.1 Å². The summed E-state index contributed by atoms with van der Waals surface area (Å²) < 4.78 is 50.3. The predicted octanol–water partition coefficient (Wildman–Crippen LogP) is 3.28. The molecule has 4 rings (SSSR count). The van der Waals surface area contributed by atoms with Gasteiger partial charge in [-0.15, -0.1) is 11.3 Å². The molecule has 1 aliphatic heterocycles. The van der Waals surface area contributed by atoms with Crippen LogP contribution in [-0.2, 0) is 23.1 Å². The molecule has 0 spiro atoms. The van der Waals surface area contributed by atoms with E-state index in [4.69, 9.17) is 14.4 Å². The summed E-state index contributed by atoms with van der Waals surface area (Å²) in [4.78, 5) is 17.8. The fraction of sp³-hybridized carbons (Fsp3) is 0.368. The topological polar surface area (TPSA) is 101 Å². The van der Waals surface area contributed by atoms with Crippen LogP contribution >= 0.6 is 11.3 Å². The first-order valence-corrected chi connectivity index (χ1v) is 9.95. The first-order valence-electron chi connectivity index (χ1n) is 9.07. The van der Waals surface area contributed by atoms with Gasteiger partial charge in [0.15, 0.2) is 5.82 Å². The Bertz CT molecular complexity index is 1030. The quantitative estimate of drug-likeness (QED) is 0.566. The Morgan fingerprint density at radius 1 is 1.26 bits per heavy atom. The van der Waals surface area contributed by atoms with Crippen molar-refractivity contribution in [3.05, 3.63) is 63.4 Å². The molecular formula is C19H18F4N4O3S. The Balaban J connectivity index is 0.000000339. The second-order valence-electron chi connectivity index (χ2n) is 7.01. The summed E-state index contributed by atoms with van der Waals surface area (Å²) >= 11 is 1.62. The standard InChI is InChI=1S/C17H17FN4OS.C2HF3O2/c1-11-20-14(8-24-11)6-15-21-16(23-22-15)7-17(9-19-10-17)12-2-4-13(18)5-3-12;3-2(4,5)1(6)7/h2-5,8,19H,6-7,9-10H2,1H3;(H,6,7). The number of carboxylic acid groups (broad SMARTS) is 1. The van der Waals surface area contributed by atoms with Gasteiger partial charge in [0.05, 0.1) is 17.1 Å². The van der Waals surface area contributed by atoms with E-state index in [0.29, 0.717) is 24.6 Å². The third kappa shape index (κ3) is 5.85. The van der Waals surface area contributed by atoms with Gasteiger partial charge in [-0.3, -0.25) is 0 Å². The number of hydrogen-bond donors (Lipinski definition) is 2. The maximum Gasteiger partial charge on any atom is 0.490 e. The number of nitrogens with one attached hydrogen (secondary N) is 1. The van der Waals surface area contributed by atoms with Crippen LogP contribution < -0.4 is 5.32 Å². The van der Waals surface area contributed by atoms with Crippen molar-refractivity contribution in [3.8, 4) is 0 Å². The van der Waals surface area contributed by atoms with Crippen LogP contribution in [0.4, 0.5) is 17.6 Å². The van der Waals surface area contributed by atoms with Crippen LogP contribution in [0.2, 0.25) is 0 Å². The molecular weight excluding hydrogens is 440 g/mol. The molecule has 0 atom stereocenters. The molecule has 2 aromatic heterocycles. The summed E-state index contributed by atoms with van der Waals surface area (Å²) in [6.07, 6.45) is -3.86. The Kier molecular flexibility index (Phi) is 6.70. The van der Waals surface area contributed by atoms with Crippen LogP contribution in [0.1, 0.15) is 28.0 Å². The van der Waals surface area contributed by atoms with Crippen LogP contribution in [0.3, 0.4) is 0 Å². The van der Waals surface area contributed by atoms with Crippen molar-refractivity contribution in [2.24, 2.45) is 0 Å². The molecule has 1 aliphatic rings. The molecule has 2 N–H and O–H groups in total. The van der Waals surface area contributed by atoms with Crippen molar-refractivity contribution >= 4 is 17.3 Å². The number of hydrogen-bond acceptors (Lipinski definition) is 7. The lowest BCUT2D eigenvalue weighted by Crippen LogP contribution is -2.58. The van der Waals surface area contributed by atoms with Crippen molar-refractivity contribution in [2.45, 2.75) is 31.4 Å². The molecule has 3 heterocycles. The first-order chi connectivity index (χ1) is 14.6. The van der Waals surface area contributed by atoms with Crippen LogP contribution in [0, 0.1) is 12.7 Å². The van der Waals surface area contributed by atoms with Crippen molar-refractivity contribution in [1.29, 1.82) is 0 Å². The summed E-state index contributed by atoms with van der Waals surface area (Å²) in [5.74, 6) is -1.72. The molecule has 0 unspecified atom stereocenters. The number of rotatable bonds is 5. The number of alkyl halides is 3. The lowest BCUT2D eigenvalue weighted by atomic mass is 9.72. The van der Waals surface area contributed by atoms with Gasteiger partial charge in [-0.05, 0) is 24.6 Å². The van der Waals surface area contributed by atoms with Gasteiger partial charge in [-0.2, -0.15) is 18.2 Å². The van der Waals surface area contributed by atoms with E-state index in [1.54, 1.807) is 11.3 Å². The maximum atomic E-state index is 13.2. The number of carbonyl (C=O) groups is 1. The van der Waals surface area contributed by atoms with E-state index in [2.05, 4.69) is 20.4 Å². The van der Waals surface area contributed by atoms with Crippen molar-refractivity contribution in [2.75, 3.05) is 13.1 Å². The molecule has 1 aromatic carbocycles. The molecule has 166 valence electrons. The Labute approximate surface area is 178 Å². The van der Waals surface area contributed by atoms with Gasteiger partial charge in [0.1, 0.15) is 5.82 Å². The number of nitrogens with zero attached hydrogens (tertiary/aromatic N) is 3. The van der Waals surface area contributed by atoms with Gasteiger partial charge in [-0.25, -0.2) is 14.2 Å². The summed E-state index contributed by atoms with van der Waals surface area (Å²) in [5, 5.41) is 17.5. The highest BCUT2D eigenvalue weighted by molar-refractivity contribution is 7.09. The zero-order valence-corrected chi connectivity index (χ0v) is 17.1. The third-order valence-corrected chi connectivity index (χ3v) is 5.45. The van der Waals surface area contributed by atoms with E-state index in [-0.39, 0.29) is 11.2 Å². The molecule has 0 amide bonds. The highest BCUT2D eigenvalue weighted by Gasteiger charge is 2.40. The van der Waals surface area contributed by atoms with Crippen molar-refractivity contribution in [1.82, 2.24) is 20.4 Å². The van der Waals surface area contributed by atoms with E-state index in [0.717, 1.165) is 29.4 Å². The largest absolute Gasteiger partial charge is 0.490 e. The fourth-order valence-corrected chi connectivity index (χ4v) is 3.65. The fourth-order valence-electron chi connectivity index (χ4n) is 3.04. The zero-order valence-electron chi connectivity index (χ0n) is 16.2. The van der Waals surface area contributed by atoms with E-state index in [9.17, 15) is 17.6 Å². The minimum absolute atomic E-state index is 0.102. The maximum absolute atomic E-state index is 13.2. The number of carboxylic acids is 1. The van der Waals surface area contributed by atoms with Gasteiger partial charge in [0, 0.05) is 30.3 Å². The second kappa shape index (κ2) is 9.10. The lowest BCUT2D eigenvalue weighted by molar-refractivity contribution is -0.192. The summed E-state index contributed by atoms with van der Waals surface area (Å²) in [7, 11) is 0. The molecule has 1 saturated heterocycles. The molecule has 0 saturated carbocycles. The predicted molar refractivity (Wildman–Crippen MR) is 102 cm³/mol. The number of aromatic nitrogens is 3. The summed E-state index contributed by atoms with van der Waals surface area (Å²) in [6, 6.07) is 6.68. The molecule has 0 radical (unpaired) electrons. The van der Waals surface area contributed by atoms with Crippen molar-refractivity contribution in [3.63, 3.8) is 0 Å². The first kappa shape index (κ1) is 22.8. The Hall–Kier alpha value is -2.86. The monoisotopic (exact) mass is 458 g/mol. The summed E-state index contributed by atoms with van der Waals surface area (Å²) in [5.41, 5.74) is 1.95. The zero-order chi connectivity index (χ0) is 22.6. The number of benzene rings is 1.